The lowest BCUT2D eigenvalue weighted by molar-refractivity contribution is -0.125. The summed E-state index contributed by atoms with van der Waals surface area (Å²) in [5.74, 6) is 0.325. The molecular formula is C27H31N3O. The highest BCUT2D eigenvalue weighted by atomic mass is 16.2. The summed E-state index contributed by atoms with van der Waals surface area (Å²) in [4.78, 5) is 15.1. The van der Waals surface area contributed by atoms with E-state index in [4.69, 9.17) is 0 Å². The number of likely N-dealkylation sites (tertiary alicyclic amines) is 1. The number of likely N-dealkylation sites (N-methyl/N-ethyl adjacent to an activating group) is 1. The van der Waals surface area contributed by atoms with E-state index in [1.165, 1.54) is 16.7 Å². The molecule has 1 heterocycles. The number of nitrogens with zero attached hydrogens (tertiary/aromatic N) is 1. The number of benzene rings is 3. The number of hydrogen-bond acceptors (Lipinski definition) is 3. The molecule has 3 aromatic carbocycles. The van der Waals surface area contributed by atoms with Gasteiger partial charge in [-0.3, -0.25) is 9.69 Å². The van der Waals surface area contributed by atoms with Gasteiger partial charge in [0.1, 0.15) is 0 Å². The Morgan fingerprint density at radius 2 is 1.45 bits per heavy atom. The second-order valence-electron chi connectivity index (χ2n) is 8.26. The molecule has 3 aromatic rings. The fourth-order valence-corrected chi connectivity index (χ4v) is 4.56. The molecule has 0 unspecified atom stereocenters. The monoisotopic (exact) mass is 413 g/mol. The van der Waals surface area contributed by atoms with Gasteiger partial charge in [0, 0.05) is 38.6 Å². The highest BCUT2D eigenvalue weighted by Gasteiger charge is 2.37. The Kier molecular flexibility index (Phi) is 7.13. The van der Waals surface area contributed by atoms with E-state index < -0.39 is 0 Å². The molecule has 1 saturated heterocycles. The van der Waals surface area contributed by atoms with Crippen molar-refractivity contribution >= 4 is 5.91 Å². The van der Waals surface area contributed by atoms with Gasteiger partial charge in [0.25, 0.3) is 0 Å². The Bertz CT molecular complexity index is 906. The van der Waals surface area contributed by atoms with E-state index >= 15 is 0 Å². The predicted molar refractivity (Wildman–Crippen MR) is 126 cm³/mol. The molecule has 2 atom stereocenters. The molecule has 0 spiro atoms. The van der Waals surface area contributed by atoms with Gasteiger partial charge in [0.15, 0.2) is 0 Å². The van der Waals surface area contributed by atoms with Gasteiger partial charge in [-0.2, -0.15) is 0 Å². The molecule has 31 heavy (non-hydrogen) atoms. The zero-order valence-corrected chi connectivity index (χ0v) is 18.1. The van der Waals surface area contributed by atoms with Gasteiger partial charge < -0.3 is 10.6 Å². The first-order valence-electron chi connectivity index (χ1n) is 11.1. The Morgan fingerprint density at radius 1 is 0.903 bits per heavy atom. The standard InChI is InChI=1S/C27H31N3O/c1-28-27(31)26-17-24(29-18-21-11-5-2-6-12-21)19-30(26)20-25(22-13-7-3-8-14-22)23-15-9-4-10-16-23/h2-16,24-26,29H,17-20H2,1H3,(H,28,31)/t24-,26-/m0/s1. The normalized spacial score (nSPS) is 18.9. The number of carbonyl (C=O) groups excluding carboxylic acids is 1. The molecule has 0 saturated carbocycles. The van der Waals surface area contributed by atoms with Crippen LogP contribution in [0.4, 0.5) is 0 Å². The second-order valence-corrected chi connectivity index (χ2v) is 8.26. The maximum atomic E-state index is 12.7. The first kappa shape index (κ1) is 21.3. The summed E-state index contributed by atoms with van der Waals surface area (Å²) in [6, 6.07) is 31.8. The van der Waals surface area contributed by atoms with Crippen LogP contribution in [0.2, 0.25) is 0 Å². The molecule has 4 heteroatoms. The van der Waals surface area contributed by atoms with Crippen LogP contribution in [-0.4, -0.2) is 43.0 Å². The van der Waals surface area contributed by atoms with Crippen LogP contribution in [0.1, 0.15) is 29.0 Å². The van der Waals surface area contributed by atoms with Crippen LogP contribution in [0.25, 0.3) is 0 Å². The van der Waals surface area contributed by atoms with Crippen molar-refractivity contribution in [2.24, 2.45) is 0 Å². The lowest BCUT2D eigenvalue weighted by atomic mass is 9.90. The first-order chi connectivity index (χ1) is 15.2. The second kappa shape index (κ2) is 10.4. The van der Waals surface area contributed by atoms with Crippen LogP contribution >= 0.6 is 0 Å². The lowest BCUT2D eigenvalue weighted by Gasteiger charge is -2.28. The third-order valence-electron chi connectivity index (χ3n) is 6.21. The zero-order valence-electron chi connectivity index (χ0n) is 18.1. The van der Waals surface area contributed by atoms with Crippen LogP contribution in [-0.2, 0) is 11.3 Å². The summed E-state index contributed by atoms with van der Waals surface area (Å²) >= 11 is 0. The summed E-state index contributed by atoms with van der Waals surface area (Å²) in [6.07, 6.45) is 0.822. The Balaban J connectivity index is 1.52. The molecule has 0 aliphatic carbocycles. The van der Waals surface area contributed by atoms with Gasteiger partial charge in [-0.1, -0.05) is 91.0 Å². The average molecular weight is 414 g/mol. The van der Waals surface area contributed by atoms with Crippen molar-refractivity contribution in [3.63, 3.8) is 0 Å². The maximum absolute atomic E-state index is 12.7. The van der Waals surface area contributed by atoms with Gasteiger partial charge in [-0.05, 0) is 23.1 Å². The number of nitrogens with one attached hydrogen (secondary N) is 2. The lowest BCUT2D eigenvalue weighted by Crippen LogP contribution is -2.43. The topological polar surface area (TPSA) is 44.4 Å². The van der Waals surface area contributed by atoms with Crippen molar-refractivity contribution in [3.05, 3.63) is 108 Å². The van der Waals surface area contributed by atoms with Crippen molar-refractivity contribution in [3.8, 4) is 0 Å². The van der Waals surface area contributed by atoms with E-state index in [-0.39, 0.29) is 23.9 Å². The highest BCUT2D eigenvalue weighted by molar-refractivity contribution is 5.81. The van der Waals surface area contributed by atoms with E-state index in [0.717, 1.165) is 26.1 Å². The van der Waals surface area contributed by atoms with E-state index in [1.54, 1.807) is 7.05 Å². The third-order valence-corrected chi connectivity index (χ3v) is 6.21. The van der Waals surface area contributed by atoms with Crippen LogP contribution in [0.15, 0.2) is 91.0 Å². The maximum Gasteiger partial charge on any atom is 0.237 e. The molecule has 4 rings (SSSR count). The average Bonchev–Trinajstić information content (AvgIpc) is 3.25. The summed E-state index contributed by atoms with van der Waals surface area (Å²) < 4.78 is 0. The third kappa shape index (κ3) is 5.40. The minimum atomic E-state index is -0.117. The van der Waals surface area contributed by atoms with Gasteiger partial charge >= 0.3 is 0 Å². The van der Waals surface area contributed by atoms with E-state index in [0.29, 0.717) is 0 Å². The number of carbonyl (C=O) groups is 1. The van der Waals surface area contributed by atoms with Gasteiger partial charge in [0.05, 0.1) is 6.04 Å². The Hall–Kier alpha value is -2.95. The minimum absolute atomic E-state index is 0.101. The first-order valence-corrected chi connectivity index (χ1v) is 11.1. The molecule has 160 valence electrons. The smallest absolute Gasteiger partial charge is 0.237 e. The molecule has 1 amide bonds. The van der Waals surface area contributed by atoms with E-state index in [1.807, 2.05) is 6.07 Å². The summed E-state index contributed by atoms with van der Waals surface area (Å²) in [7, 11) is 1.73. The van der Waals surface area contributed by atoms with Crippen molar-refractivity contribution in [1.29, 1.82) is 0 Å². The quantitative estimate of drug-likeness (QED) is 0.590. The van der Waals surface area contributed by atoms with E-state index in [9.17, 15) is 4.79 Å². The van der Waals surface area contributed by atoms with Crippen LogP contribution in [0, 0.1) is 0 Å². The summed E-state index contributed by atoms with van der Waals surface area (Å²) in [6.45, 7) is 2.50. The number of hydrogen-bond donors (Lipinski definition) is 2. The van der Waals surface area contributed by atoms with Crippen molar-refractivity contribution < 1.29 is 4.79 Å². The van der Waals surface area contributed by atoms with Crippen molar-refractivity contribution in [2.75, 3.05) is 20.1 Å². The molecule has 0 radical (unpaired) electrons. The molecule has 0 aromatic heterocycles. The van der Waals surface area contributed by atoms with Gasteiger partial charge in [-0.15, -0.1) is 0 Å². The summed E-state index contributed by atoms with van der Waals surface area (Å²) in [5, 5.41) is 6.54. The zero-order chi connectivity index (χ0) is 21.5. The molecule has 2 N–H and O–H groups in total. The van der Waals surface area contributed by atoms with E-state index in [2.05, 4.69) is 100 Å². The fourth-order valence-electron chi connectivity index (χ4n) is 4.56. The molecule has 0 bridgehead atoms. The van der Waals surface area contributed by atoms with Gasteiger partial charge in [0.2, 0.25) is 5.91 Å². The van der Waals surface area contributed by atoms with Crippen LogP contribution < -0.4 is 10.6 Å². The number of rotatable bonds is 8. The van der Waals surface area contributed by atoms with Crippen LogP contribution in [0.3, 0.4) is 0 Å². The number of amides is 1. The van der Waals surface area contributed by atoms with Gasteiger partial charge in [-0.25, -0.2) is 0 Å². The summed E-state index contributed by atoms with van der Waals surface area (Å²) in [5.41, 5.74) is 3.83. The largest absolute Gasteiger partial charge is 0.358 e. The Labute approximate surface area is 185 Å². The SMILES string of the molecule is CNC(=O)[C@@H]1C[C@H](NCc2ccccc2)CN1CC(c1ccccc1)c1ccccc1. The van der Waals surface area contributed by atoms with Crippen molar-refractivity contribution in [1.82, 2.24) is 15.5 Å². The predicted octanol–water partition coefficient (Wildman–Crippen LogP) is 3.80. The van der Waals surface area contributed by atoms with Crippen LogP contribution in [0.5, 0.6) is 0 Å². The molecule has 1 aliphatic heterocycles. The minimum Gasteiger partial charge on any atom is -0.358 e. The fraction of sp³-hybridized carbons (Fsp3) is 0.296. The van der Waals surface area contributed by atoms with Crippen molar-refractivity contribution in [2.45, 2.75) is 31.0 Å². The molecular weight excluding hydrogens is 382 g/mol. The molecule has 1 fully saturated rings. The molecule has 1 aliphatic rings. The Morgan fingerprint density at radius 3 is 2.00 bits per heavy atom. The highest BCUT2D eigenvalue weighted by Crippen LogP contribution is 2.29. The molecule has 4 nitrogen and oxygen atoms in total.